The summed E-state index contributed by atoms with van der Waals surface area (Å²) in [6, 6.07) is 3.64. The second-order valence-corrected chi connectivity index (χ2v) is 3.99. The number of nitrogens with one attached hydrogen (secondary N) is 1. The summed E-state index contributed by atoms with van der Waals surface area (Å²) >= 11 is 5.71. The molecule has 0 aliphatic heterocycles. The molecule has 2 aromatic rings. The number of nitrogens with zero attached hydrogens (tertiary/aromatic N) is 2. The van der Waals surface area contributed by atoms with Gasteiger partial charge in [0.15, 0.2) is 22.6 Å². The van der Waals surface area contributed by atoms with Crippen molar-refractivity contribution in [3.63, 3.8) is 0 Å². The molecule has 0 aliphatic carbocycles. The second kappa shape index (κ2) is 5.71. The third-order valence-corrected chi connectivity index (χ3v) is 2.57. The lowest BCUT2D eigenvalue weighted by Crippen LogP contribution is -2.16. The lowest BCUT2D eigenvalue weighted by Gasteiger charge is -2.06. The van der Waals surface area contributed by atoms with Crippen LogP contribution in [0.5, 0.6) is 0 Å². The van der Waals surface area contributed by atoms with Crippen LogP contribution in [0.3, 0.4) is 0 Å². The number of hydrogen-bond donors (Lipinski definition) is 1. The van der Waals surface area contributed by atoms with Crippen molar-refractivity contribution in [3.8, 4) is 0 Å². The minimum Gasteiger partial charge on any atom is -0.308 e. The number of anilines is 1. The Morgan fingerprint density at radius 1 is 1.26 bits per heavy atom. The molecule has 0 fully saturated rings. The van der Waals surface area contributed by atoms with E-state index in [1.807, 2.05) is 0 Å². The predicted molar refractivity (Wildman–Crippen MR) is 65.7 cm³/mol. The van der Waals surface area contributed by atoms with Crippen molar-refractivity contribution in [3.05, 3.63) is 52.9 Å². The van der Waals surface area contributed by atoms with E-state index >= 15 is 0 Å². The van der Waals surface area contributed by atoms with E-state index in [1.54, 1.807) is 0 Å². The highest BCUT2D eigenvalue weighted by atomic mass is 35.5. The highest BCUT2D eigenvalue weighted by molar-refractivity contribution is 6.32. The zero-order valence-electron chi connectivity index (χ0n) is 9.53. The molecule has 1 amide bonds. The summed E-state index contributed by atoms with van der Waals surface area (Å²) in [6.07, 6.45) is 2.39. The molecule has 0 radical (unpaired) electrons. The molecule has 98 valence electrons. The SMILES string of the molecule is O=C(Cc1cccc(F)c1F)Nc1nccnc1Cl. The third-order valence-electron chi connectivity index (χ3n) is 2.29. The first-order valence-corrected chi connectivity index (χ1v) is 5.65. The van der Waals surface area contributed by atoms with E-state index < -0.39 is 17.5 Å². The minimum absolute atomic E-state index is 0.0237. The molecular formula is C12H8ClF2N3O. The van der Waals surface area contributed by atoms with E-state index in [4.69, 9.17) is 11.6 Å². The number of benzene rings is 1. The Bertz CT molecular complexity index is 622. The molecule has 1 aromatic heterocycles. The van der Waals surface area contributed by atoms with Crippen molar-refractivity contribution in [2.75, 3.05) is 5.32 Å². The van der Waals surface area contributed by atoms with Gasteiger partial charge in [-0.1, -0.05) is 23.7 Å². The van der Waals surface area contributed by atoms with Crippen LogP contribution >= 0.6 is 11.6 Å². The van der Waals surface area contributed by atoms with Crippen molar-refractivity contribution in [1.29, 1.82) is 0 Å². The summed E-state index contributed by atoms with van der Waals surface area (Å²) in [5.74, 6) is -2.52. The number of aromatic nitrogens is 2. The van der Waals surface area contributed by atoms with Crippen LogP contribution in [0.2, 0.25) is 5.15 Å². The van der Waals surface area contributed by atoms with Crippen LogP contribution in [0.4, 0.5) is 14.6 Å². The Balaban J connectivity index is 2.10. The fourth-order valence-corrected chi connectivity index (χ4v) is 1.59. The van der Waals surface area contributed by atoms with Gasteiger partial charge in [0.25, 0.3) is 0 Å². The van der Waals surface area contributed by atoms with Crippen molar-refractivity contribution in [2.45, 2.75) is 6.42 Å². The number of halogens is 3. The Morgan fingerprint density at radius 3 is 2.74 bits per heavy atom. The molecular weight excluding hydrogens is 276 g/mol. The monoisotopic (exact) mass is 283 g/mol. The van der Waals surface area contributed by atoms with Gasteiger partial charge in [-0.3, -0.25) is 4.79 Å². The van der Waals surface area contributed by atoms with Crippen LogP contribution in [0, 0.1) is 11.6 Å². The molecule has 0 bridgehead atoms. The van der Waals surface area contributed by atoms with Crippen LogP contribution < -0.4 is 5.32 Å². The number of amides is 1. The second-order valence-electron chi connectivity index (χ2n) is 3.63. The summed E-state index contributed by atoms with van der Waals surface area (Å²) < 4.78 is 26.3. The van der Waals surface area contributed by atoms with Crippen LogP contribution in [0.15, 0.2) is 30.6 Å². The van der Waals surface area contributed by atoms with Gasteiger partial charge in [-0.05, 0) is 6.07 Å². The van der Waals surface area contributed by atoms with E-state index in [0.717, 1.165) is 6.07 Å². The Morgan fingerprint density at radius 2 is 2.00 bits per heavy atom. The van der Waals surface area contributed by atoms with Crippen molar-refractivity contribution in [1.82, 2.24) is 9.97 Å². The quantitative estimate of drug-likeness (QED) is 0.942. The third kappa shape index (κ3) is 3.23. The molecule has 0 spiro atoms. The van der Waals surface area contributed by atoms with Gasteiger partial charge in [-0.2, -0.15) is 0 Å². The zero-order valence-corrected chi connectivity index (χ0v) is 10.3. The van der Waals surface area contributed by atoms with E-state index in [9.17, 15) is 13.6 Å². The topological polar surface area (TPSA) is 54.9 Å². The average molecular weight is 284 g/mol. The average Bonchev–Trinajstić information content (AvgIpc) is 2.38. The Kier molecular flexibility index (Phi) is 4.01. The van der Waals surface area contributed by atoms with Gasteiger partial charge >= 0.3 is 0 Å². The van der Waals surface area contributed by atoms with Crippen LogP contribution in [0.1, 0.15) is 5.56 Å². The number of rotatable bonds is 3. The predicted octanol–water partition coefficient (Wildman–Crippen LogP) is 2.59. The number of hydrogen-bond acceptors (Lipinski definition) is 3. The maximum atomic E-state index is 13.4. The molecule has 4 nitrogen and oxygen atoms in total. The molecule has 0 atom stereocenters. The van der Waals surface area contributed by atoms with E-state index in [1.165, 1.54) is 24.5 Å². The molecule has 2 rings (SSSR count). The smallest absolute Gasteiger partial charge is 0.230 e. The lowest BCUT2D eigenvalue weighted by molar-refractivity contribution is -0.115. The fraction of sp³-hybridized carbons (Fsp3) is 0.0833. The molecule has 7 heteroatoms. The highest BCUT2D eigenvalue weighted by Crippen LogP contribution is 2.16. The van der Waals surface area contributed by atoms with Crippen LogP contribution in [-0.4, -0.2) is 15.9 Å². The van der Waals surface area contributed by atoms with Gasteiger partial charge < -0.3 is 5.32 Å². The first-order valence-electron chi connectivity index (χ1n) is 5.27. The van der Waals surface area contributed by atoms with Gasteiger partial charge in [0, 0.05) is 18.0 Å². The van der Waals surface area contributed by atoms with E-state index in [2.05, 4.69) is 15.3 Å². The summed E-state index contributed by atoms with van der Waals surface area (Å²) in [5, 5.41) is 2.40. The lowest BCUT2D eigenvalue weighted by atomic mass is 10.1. The first-order chi connectivity index (χ1) is 9.08. The normalized spacial score (nSPS) is 10.3. The molecule has 19 heavy (non-hydrogen) atoms. The molecule has 0 saturated carbocycles. The van der Waals surface area contributed by atoms with Crippen molar-refractivity contribution in [2.24, 2.45) is 0 Å². The molecule has 1 heterocycles. The minimum atomic E-state index is -1.04. The van der Waals surface area contributed by atoms with Crippen molar-refractivity contribution >= 4 is 23.3 Å². The van der Waals surface area contributed by atoms with E-state index in [0.29, 0.717) is 0 Å². The standard InChI is InChI=1S/C12H8ClF2N3O/c13-11-12(17-5-4-16-11)18-9(19)6-7-2-1-3-8(14)10(7)15/h1-5H,6H2,(H,17,18,19). The summed E-state index contributed by atoms with van der Waals surface area (Å²) in [6.45, 7) is 0. The molecule has 0 aliphatic rings. The fourth-order valence-electron chi connectivity index (χ4n) is 1.44. The van der Waals surface area contributed by atoms with Gasteiger partial charge in [0.2, 0.25) is 5.91 Å². The first kappa shape index (κ1) is 13.4. The highest BCUT2D eigenvalue weighted by Gasteiger charge is 2.13. The summed E-state index contributed by atoms with van der Waals surface area (Å²) in [4.78, 5) is 19.2. The van der Waals surface area contributed by atoms with Gasteiger partial charge in [-0.15, -0.1) is 0 Å². The van der Waals surface area contributed by atoms with Crippen LogP contribution in [0.25, 0.3) is 0 Å². The maximum Gasteiger partial charge on any atom is 0.230 e. The largest absolute Gasteiger partial charge is 0.308 e. The van der Waals surface area contributed by atoms with E-state index in [-0.39, 0.29) is 23.0 Å². The molecule has 0 saturated heterocycles. The maximum absolute atomic E-state index is 13.4. The number of carbonyl (C=O) groups excluding carboxylic acids is 1. The number of carbonyl (C=O) groups is 1. The van der Waals surface area contributed by atoms with Gasteiger partial charge in [0.05, 0.1) is 6.42 Å². The summed E-state index contributed by atoms with van der Waals surface area (Å²) in [7, 11) is 0. The van der Waals surface area contributed by atoms with Crippen LogP contribution in [-0.2, 0) is 11.2 Å². The van der Waals surface area contributed by atoms with Gasteiger partial charge in [-0.25, -0.2) is 18.7 Å². The molecule has 1 N–H and O–H groups in total. The van der Waals surface area contributed by atoms with Crippen molar-refractivity contribution < 1.29 is 13.6 Å². The molecule has 0 unspecified atom stereocenters. The Hall–Kier alpha value is -2.08. The molecule has 1 aromatic carbocycles. The summed E-state index contributed by atoms with van der Waals surface area (Å²) in [5.41, 5.74) is -0.0440. The zero-order chi connectivity index (χ0) is 13.8. The van der Waals surface area contributed by atoms with Gasteiger partial charge in [0.1, 0.15) is 0 Å². The Labute approximate surface area is 112 Å².